The largest absolute Gasteiger partial charge is 0.422 e. The first-order valence-electron chi connectivity index (χ1n) is 7.44. The number of ether oxygens (including phenoxy) is 1. The fourth-order valence-corrected chi connectivity index (χ4v) is 3.00. The summed E-state index contributed by atoms with van der Waals surface area (Å²) >= 11 is 1.70. The summed E-state index contributed by atoms with van der Waals surface area (Å²) in [5.74, 6) is 0.327. The number of hydrogen-bond acceptors (Lipinski definition) is 3. The minimum atomic E-state index is -0.297. The number of hydrogen-bond donors (Lipinski definition) is 0. The fourth-order valence-electron chi connectivity index (χ4n) is 2.59. The topological polar surface area (TPSA) is 26.3 Å². The summed E-state index contributed by atoms with van der Waals surface area (Å²) in [6.07, 6.45) is 5.73. The predicted octanol–water partition coefficient (Wildman–Crippen LogP) is 5.01. The zero-order valence-electron chi connectivity index (χ0n) is 13.4. The Bertz CT molecular complexity index is 814. The number of benzene rings is 2. The third-order valence-corrected chi connectivity index (χ3v) is 4.55. The number of carbonyl (C=O) groups excluding carboxylic acids is 1. The monoisotopic (exact) mass is 322 g/mol. The molecule has 3 rings (SSSR count). The Labute approximate surface area is 140 Å². The Balaban J connectivity index is 1.92. The Morgan fingerprint density at radius 2 is 1.78 bits per heavy atom. The van der Waals surface area contributed by atoms with Crippen molar-refractivity contribution in [2.75, 3.05) is 6.26 Å². The molecule has 0 aromatic heterocycles. The average Bonchev–Trinajstić information content (AvgIpc) is 2.88. The smallest absolute Gasteiger partial charge is 0.343 e. The highest BCUT2D eigenvalue weighted by Crippen LogP contribution is 2.30. The van der Waals surface area contributed by atoms with Gasteiger partial charge in [-0.05, 0) is 55.5 Å². The molecule has 23 heavy (non-hydrogen) atoms. The van der Waals surface area contributed by atoms with E-state index in [1.54, 1.807) is 11.8 Å². The summed E-state index contributed by atoms with van der Waals surface area (Å²) < 4.78 is 5.45. The van der Waals surface area contributed by atoms with Crippen molar-refractivity contribution in [1.82, 2.24) is 0 Å². The Hall–Kier alpha value is -2.26. The first-order valence-corrected chi connectivity index (χ1v) is 8.66. The van der Waals surface area contributed by atoms with Gasteiger partial charge in [-0.3, -0.25) is 0 Å². The van der Waals surface area contributed by atoms with Gasteiger partial charge in [0.2, 0.25) is 0 Å². The van der Waals surface area contributed by atoms with Crippen LogP contribution in [0.5, 0.6) is 0 Å². The molecule has 0 fully saturated rings. The molecule has 0 radical (unpaired) electrons. The van der Waals surface area contributed by atoms with Gasteiger partial charge in [-0.1, -0.05) is 35.9 Å². The number of thioether (sulfide) groups is 1. The molecule has 0 saturated carbocycles. The van der Waals surface area contributed by atoms with Crippen molar-refractivity contribution in [3.8, 4) is 0 Å². The number of esters is 1. The second kappa shape index (κ2) is 6.47. The normalized spacial score (nSPS) is 15.7. The van der Waals surface area contributed by atoms with Crippen LogP contribution in [0.15, 0.2) is 59.0 Å². The van der Waals surface area contributed by atoms with Crippen molar-refractivity contribution in [2.24, 2.45) is 0 Å². The molecule has 0 aliphatic carbocycles. The standard InChI is InChI=1S/C20H18O2S/c1-13-4-9-18(14(2)10-13)19-12-16(20(21)22-19)11-15-5-7-17(23-3)8-6-15/h4-12H,1-3H3/b16-11+. The average molecular weight is 322 g/mol. The molecule has 116 valence electrons. The van der Waals surface area contributed by atoms with Crippen LogP contribution >= 0.6 is 11.8 Å². The lowest BCUT2D eigenvalue weighted by Gasteiger charge is -2.06. The molecule has 2 aromatic rings. The fraction of sp³-hybridized carbons (Fsp3) is 0.150. The molecule has 3 heteroatoms. The highest BCUT2D eigenvalue weighted by atomic mass is 32.2. The minimum absolute atomic E-state index is 0.297. The van der Waals surface area contributed by atoms with Crippen LogP contribution in [0.1, 0.15) is 22.3 Å². The minimum Gasteiger partial charge on any atom is -0.422 e. The molecule has 0 spiro atoms. The summed E-state index contributed by atoms with van der Waals surface area (Å²) in [5.41, 5.74) is 4.84. The van der Waals surface area contributed by atoms with Crippen molar-refractivity contribution in [1.29, 1.82) is 0 Å². The Morgan fingerprint density at radius 1 is 1.04 bits per heavy atom. The molecule has 0 unspecified atom stereocenters. The SMILES string of the molecule is CSc1ccc(/C=C2\C=C(c3ccc(C)cc3C)OC2=O)cc1. The molecule has 0 N–H and O–H groups in total. The first-order chi connectivity index (χ1) is 11.1. The molecule has 1 heterocycles. The molecule has 1 aliphatic heterocycles. The predicted molar refractivity (Wildman–Crippen MR) is 96.2 cm³/mol. The van der Waals surface area contributed by atoms with Gasteiger partial charge in [0.25, 0.3) is 0 Å². The van der Waals surface area contributed by atoms with Crippen molar-refractivity contribution in [2.45, 2.75) is 18.7 Å². The van der Waals surface area contributed by atoms with E-state index < -0.39 is 0 Å². The van der Waals surface area contributed by atoms with E-state index in [9.17, 15) is 4.79 Å². The molecule has 0 saturated heterocycles. The van der Waals surface area contributed by atoms with Crippen LogP contribution in [0.2, 0.25) is 0 Å². The summed E-state index contributed by atoms with van der Waals surface area (Å²) in [6.45, 7) is 4.08. The second-order valence-electron chi connectivity index (χ2n) is 5.59. The van der Waals surface area contributed by atoms with Gasteiger partial charge in [0, 0.05) is 10.5 Å². The zero-order valence-corrected chi connectivity index (χ0v) is 14.2. The number of aryl methyl sites for hydroxylation is 2. The van der Waals surface area contributed by atoms with E-state index in [1.165, 1.54) is 10.5 Å². The van der Waals surface area contributed by atoms with Gasteiger partial charge in [0.1, 0.15) is 5.76 Å². The van der Waals surface area contributed by atoms with E-state index in [0.29, 0.717) is 11.3 Å². The molecule has 2 nitrogen and oxygen atoms in total. The maximum absolute atomic E-state index is 12.1. The van der Waals surface area contributed by atoms with Crippen molar-refractivity contribution in [3.63, 3.8) is 0 Å². The second-order valence-corrected chi connectivity index (χ2v) is 6.47. The maximum Gasteiger partial charge on any atom is 0.343 e. The van der Waals surface area contributed by atoms with Crippen molar-refractivity contribution >= 4 is 29.6 Å². The molecular formula is C20H18O2S. The molecule has 0 amide bonds. The highest BCUT2D eigenvalue weighted by Gasteiger charge is 2.22. The van der Waals surface area contributed by atoms with Crippen molar-refractivity contribution in [3.05, 3.63) is 76.4 Å². The maximum atomic E-state index is 12.1. The molecule has 0 atom stereocenters. The van der Waals surface area contributed by atoms with Crippen LogP contribution in [-0.2, 0) is 9.53 Å². The molecule has 1 aliphatic rings. The molecule has 2 aromatic carbocycles. The van der Waals surface area contributed by atoms with Crippen LogP contribution < -0.4 is 0 Å². The van der Waals surface area contributed by atoms with Crippen molar-refractivity contribution < 1.29 is 9.53 Å². The van der Waals surface area contributed by atoms with Gasteiger partial charge < -0.3 is 4.74 Å². The highest BCUT2D eigenvalue weighted by molar-refractivity contribution is 7.98. The van der Waals surface area contributed by atoms with Crippen LogP contribution in [0.4, 0.5) is 0 Å². The van der Waals surface area contributed by atoms with E-state index in [0.717, 1.165) is 16.7 Å². The summed E-state index contributed by atoms with van der Waals surface area (Å²) in [4.78, 5) is 13.3. The summed E-state index contributed by atoms with van der Waals surface area (Å²) in [5, 5.41) is 0. The van der Waals surface area contributed by atoms with E-state index in [1.807, 2.05) is 61.7 Å². The van der Waals surface area contributed by atoms with Gasteiger partial charge in [-0.25, -0.2) is 4.79 Å². The van der Waals surface area contributed by atoms with Gasteiger partial charge in [-0.15, -0.1) is 11.8 Å². The number of cyclic esters (lactones) is 1. The Morgan fingerprint density at radius 3 is 2.43 bits per heavy atom. The van der Waals surface area contributed by atoms with Gasteiger partial charge in [-0.2, -0.15) is 0 Å². The third-order valence-electron chi connectivity index (χ3n) is 3.81. The Kier molecular flexibility index (Phi) is 4.39. The van der Waals surface area contributed by atoms with Crippen LogP contribution in [0.3, 0.4) is 0 Å². The van der Waals surface area contributed by atoms with Crippen LogP contribution in [-0.4, -0.2) is 12.2 Å². The first kappa shape index (κ1) is 15.6. The van der Waals surface area contributed by atoms with Crippen LogP contribution in [0.25, 0.3) is 11.8 Å². The lowest BCUT2D eigenvalue weighted by molar-refractivity contribution is -0.130. The van der Waals surface area contributed by atoms with Gasteiger partial charge >= 0.3 is 5.97 Å². The summed E-state index contributed by atoms with van der Waals surface area (Å²) in [7, 11) is 0. The quantitative estimate of drug-likeness (QED) is 0.451. The van der Waals surface area contributed by atoms with Gasteiger partial charge in [0.15, 0.2) is 0 Å². The van der Waals surface area contributed by atoms with E-state index >= 15 is 0 Å². The third kappa shape index (κ3) is 3.40. The number of rotatable bonds is 3. The lowest BCUT2D eigenvalue weighted by atomic mass is 10.0. The zero-order chi connectivity index (χ0) is 16.4. The van der Waals surface area contributed by atoms with E-state index in [2.05, 4.69) is 13.0 Å². The van der Waals surface area contributed by atoms with E-state index in [-0.39, 0.29) is 5.97 Å². The van der Waals surface area contributed by atoms with Gasteiger partial charge in [0.05, 0.1) is 5.57 Å². The van der Waals surface area contributed by atoms with E-state index in [4.69, 9.17) is 4.74 Å². The lowest BCUT2D eigenvalue weighted by Crippen LogP contribution is -1.98. The molecule has 0 bridgehead atoms. The summed E-state index contributed by atoms with van der Waals surface area (Å²) in [6, 6.07) is 14.2. The molecular weight excluding hydrogens is 304 g/mol. The van der Waals surface area contributed by atoms with Crippen LogP contribution in [0, 0.1) is 13.8 Å². The number of carbonyl (C=O) groups is 1.